The second-order valence-corrected chi connectivity index (χ2v) is 5.03. The summed E-state index contributed by atoms with van der Waals surface area (Å²) in [5, 5.41) is 6.11. The summed E-state index contributed by atoms with van der Waals surface area (Å²) in [7, 11) is 3.27. The quantitative estimate of drug-likeness (QED) is 0.786. The van der Waals surface area contributed by atoms with Crippen molar-refractivity contribution in [2.75, 3.05) is 26.1 Å². The minimum absolute atomic E-state index is 0.0156. The number of amides is 1. The Balaban J connectivity index is 1.67. The van der Waals surface area contributed by atoms with Crippen LogP contribution < -0.4 is 20.1 Å². The molecule has 0 saturated heterocycles. The summed E-state index contributed by atoms with van der Waals surface area (Å²) in [6, 6.07) is 15.3. The van der Waals surface area contributed by atoms with E-state index in [1.807, 2.05) is 48.5 Å². The van der Waals surface area contributed by atoms with Crippen molar-refractivity contribution in [1.29, 1.82) is 0 Å². The third-order valence-electron chi connectivity index (χ3n) is 3.42. The predicted molar refractivity (Wildman–Crippen MR) is 90.9 cm³/mol. The number of hydrogen-bond donors (Lipinski definition) is 2. The highest BCUT2D eigenvalue weighted by molar-refractivity contribution is 5.76. The maximum atomic E-state index is 11.8. The standard InChI is InChI=1S/C18H22N2O3/c1-22-16-7-3-14(4-8-16)13-20-18(21)11-12-19-15-5-9-17(23-2)10-6-15/h3-10,19H,11-13H2,1-2H3,(H,20,21). The maximum Gasteiger partial charge on any atom is 0.222 e. The summed E-state index contributed by atoms with van der Waals surface area (Å²) < 4.78 is 10.2. The molecule has 1 amide bonds. The van der Waals surface area contributed by atoms with Crippen LogP contribution in [0.2, 0.25) is 0 Å². The van der Waals surface area contributed by atoms with Crippen molar-refractivity contribution in [3.8, 4) is 11.5 Å². The predicted octanol–water partition coefficient (Wildman–Crippen LogP) is 2.82. The lowest BCUT2D eigenvalue weighted by molar-refractivity contribution is -0.121. The normalized spacial score (nSPS) is 10.0. The fourth-order valence-corrected chi connectivity index (χ4v) is 2.06. The molecule has 5 heteroatoms. The molecule has 0 aliphatic carbocycles. The lowest BCUT2D eigenvalue weighted by Crippen LogP contribution is -2.24. The molecule has 0 fully saturated rings. The fourth-order valence-electron chi connectivity index (χ4n) is 2.06. The van der Waals surface area contributed by atoms with Crippen molar-refractivity contribution in [3.05, 3.63) is 54.1 Å². The molecule has 2 aromatic rings. The summed E-state index contributed by atoms with van der Waals surface area (Å²) in [6.45, 7) is 1.10. The Morgan fingerprint density at radius 2 is 1.48 bits per heavy atom. The molecule has 0 aliphatic heterocycles. The van der Waals surface area contributed by atoms with Crippen LogP contribution in [0.25, 0.3) is 0 Å². The van der Waals surface area contributed by atoms with Crippen LogP contribution in [0.4, 0.5) is 5.69 Å². The van der Waals surface area contributed by atoms with Crippen LogP contribution in [0, 0.1) is 0 Å². The summed E-state index contributed by atoms with van der Waals surface area (Å²) in [5.74, 6) is 1.64. The van der Waals surface area contributed by atoms with Crippen molar-refractivity contribution in [3.63, 3.8) is 0 Å². The molecule has 0 aromatic heterocycles. The molecule has 23 heavy (non-hydrogen) atoms. The van der Waals surface area contributed by atoms with E-state index < -0.39 is 0 Å². The van der Waals surface area contributed by atoms with Gasteiger partial charge in [0, 0.05) is 25.2 Å². The van der Waals surface area contributed by atoms with Gasteiger partial charge in [-0.25, -0.2) is 0 Å². The van der Waals surface area contributed by atoms with Gasteiger partial charge in [-0.05, 0) is 42.0 Å². The SMILES string of the molecule is COc1ccc(CNC(=O)CCNc2ccc(OC)cc2)cc1. The molecule has 0 aliphatic rings. The van der Waals surface area contributed by atoms with Crippen molar-refractivity contribution >= 4 is 11.6 Å². The molecule has 0 unspecified atom stereocenters. The Bertz CT molecular complexity index is 609. The average Bonchev–Trinajstić information content (AvgIpc) is 2.61. The average molecular weight is 314 g/mol. The third-order valence-corrected chi connectivity index (χ3v) is 3.42. The summed E-state index contributed by atoms with van der Waals surface area (Å²) in [5.41, 5.74) is 2.01. The van der Waals surface area contributed by atoms with Crippen LogP contribution in [0.3, 0.4) is 0 Å². The molecule has 0 atom stereocenters. The molecule has 0 radical (unpaired) electrons. The Labute approximate surface area is 136 Å². The van der Waals surface area contributed by atoms with Gasteiger partial charge in [0.05, 0.1) is 14.2 Å². The van der Waals surface area contributed by atoms with E-state index in [0.717, 1.165) is 22.7 Å². The number of ether oxygens (including phenoxy) is 2. The summed E-state index contributed by atoms with van der Waals surface area (Å²) >= 11 is 0. The lowest BCUT2D eigenvalue weighted by Gasteiger charge is -2.08. The van der Waals surface area contributed by atoms with Gasteiger partial charge in [-0.15, -0.1) is 0 Å². The second-order valence-electron chi connectivity index (χ2n) is 5.03. The van der Waals surface area contributed by atoms with Crippen molar-refractivity contribution in [2.24, 2.45) is 0 Å². The first-order valence-corrected chi connectivity index (χ1v) is 7.49. The van der Waals surface area contributed by atoms with E-state index >= 15 is 0 Å². The topological polar surface area (TPSA) is 59.6 Å². The van der Waals surface area contributed by atoms with E-state index in [9.17, 15) is 4.79 Å². The van der Waals surface area contributed by atoms with Gasteiger partial charge in [-0.3, -0.25) is 4.79 Å². The maximum absolute atomic E-state index is 11.8. The largest absolute Gasteiger partial charge is 0.497 e. The fraction of sp³-hybridized carbons (Fsp3) is 0.278. The molecule has 5 nitrogen and oxygen atoms in total. The monoisotopic (exact) mass is 314 g/mol. The number of methoxy groups -OCH3 is 2. The lowest BCUT2D eigenvalue weighted by atomic mass is 10.2. The van der Waals surface area contributed by atoms with Crippen molar-refractivity contribution in [2.45, 2.75) is 13.0 Å². The number of hydrogen-bond acceptors (Lipinski definition) is 4. The van der Waals surface area contributed by atoms with Gasteiger partial charge in [0.25, 0.3) is 0 Å². The van der Waals surface area contributed by atoms with Gasteiger partial charge < -0.3 is 20.1 Å². The van der Waals surface area contributed by atoms with Gasteiger partial charge in [0.2, 0.25) is 5.91 Å². The van der Waals surface area contributed by atoms with E-state index in [4.69, 9.17) is 9.47 Å². The number of nitrogens with one attached hydrogen (secondary N) is 2. The highest BCUT2D eigenvalue weighted by Crippen LogP contribution is 2.14. The van der Waals surface area contributed by atoms with E-state index in [0.29, 0.717) is 19.5 Å². The van der Waals surface area contributed by atoms with E-state index in [2.05, 4.69) is 10.6 Å². The van der Waals surface area contributed by atoms with Crippen LogP contribution >= 0.6 is 0 Å². The molecule has 2 aromatic carbocycles. The highest BCUT2D eigenvalue weighted by atomic mass is 16.5. The van der Waals surface area contributed by atoms with E-state index in [1.165, 1.54) is 0 Å². The number of rotatable bonds is 8. The Kier molecular flexibility index (Phi) is 6.29. The van der Waals surface area contributed by atoms with Gasteiger partial charge >= 0.3 is 0 Å². The van der Waals surface area contributed by atoms with Gasteiger partial charge in [0.15, 0.2) is 0 Å². The van der Waals surface area contributed by atoms with Crippen molar-refractivity contribution < 1.29 is 14.3 Å². The van der Waals surface area contributed by atoms with E-state index in [-0.39, 0.29) is 5.91 Å². The zero-order valence-corrected chi connectivity index (χ0v) is 13.5. The first-order chi connectivity index (χ1) is 11.2. The van der Waals surface area contributed by atoms with Crippen LogP contribution in [0.15, 0.2) is 48.5 Å². The first-order valence-electron chi connectivity index (χ1n) is 7.49. The summed E-state index contributed by atoms with van der Waals surface area (Å²) in [4.78, 5) is 11.8. The molecule has 0 bridgehead atoms. The van der Waals surface area contributed by atoms with Gasteiger partial charge in [0.1, 0.15) is 11.5 Å². The zero-order chi connectivity index (χ0) is 16.5. The van der Waals surface area contributed by atoms with Gasteiger partial charge in [-0.2, -0.15) is 0 Å². The number of benzene rings is 2. The number of carbonyl (C=O) groups is 1. The van der Waals surface area contributed by atoms with Crippen LogP contribution in [-0.4, -0.2) is 26.7 Å². The molecular weight excluding hydrogens is 292 g/mol. The number of carbonyl (C=O) groups excluding carboxylic acids is 1. The van der Waals surface area contributed by atoms with Crippen LogP contribution in [-0.2, 0) is 11.3 Å². The Morgan fingerprint density at radius 3 is 2.04 bits per heavy atom. The zero-order valence-electron chi connectivity index (χ0n) is 13.5. The Morgan fingerprint density at radius 1 is 0.913 bits per heavy atom. The van der Waals surface area contributed by atoms with Gasteiger partial charge in [-0.1, -0.05) is 12.1 Å². The molecule has 0 heterocycles. The molecular formula is C18H22N2O3. The van der Waals surface area contributed by atoms with E-state index in [1.54, 1.807) is 14.2 Å². The minimum Gasteiger partial charge on any atom is -0.497 e. The molecule has 2 rings (SSSR count). The molecule has 0 saturated carbocycles. The van der Waals surface area contributed by atoms with Crippen molar-refractivity contribution in [1.82, 2.24) is 5.32 Å². The molecule has 2 N–H and O–H groups in total. The first kappa shape index (κ1) is 16.7. The van der Waals surface area contributed by atoms with Crippen LogP contribution in [0.5, 0.6) is 11.5 Å². The van der Waals surface area contributed by atoms with Crippen LogP contribution in [0.1, 0.15) is 12.0 Å². The third kappa shape index (κ3) is 5.54. The second kappa shape index (κ2) is 8.68. The number of anilines is 1. The smallest absolute Gasteiger partial charge is 0.222 e. The Hall–Kier alpha value is -2.69. The summed E-state index contributed by atoms with van der Waals surface area (Å²) in [6.07, 6.45) is 0.419. The molecule has 122 valence electrons. The molecule has 0 spiro atoms. The highest BCUT2D eigenvalue weighted by Gasteiger charge is 2.02. The minimum atomic E-state index is 0.0156.